The van der Waals surface area contributed by atoms with Gasteiger partial charge in [-0.25, -0.2) is 9.78 Å². The molecule has 0 aliphatic carbocycles. The normalized spacial score (nSPS) is 10.4. The first kappa shape index (κ1) is 10.9. The van der Waals surface area contributed by atoms with Crippen LogP contribution < -0.4 is 4.74 Å². The first-order valence-corrected chi connectivity index (χ1v) is 5.28. The maximum absolute atomic E-state index is 10.9. The molecule has 0 bridgehead atoms. The van der Waals surface area contributed by atoms with E-state index in [1.165, 1.54) is 13.2 Å². The average molecular weight is 282 g/mol. The van der Waals surface area contributed by atoms with E-state index in [0.717, 1.165) is 5.39 Å². The lowest BCUT2D eigenvalue weighted by Gasteiger charge is -2.06. The van der Waals surface area contributed by atoms with Crippen LogP contribution in [-0.4, -0.2) is 23.2 Å². The highest BCUT2D eigenvalue weighted by atomic mass is 79.9. The number of halogens is 1. The molecular formula is C11H8BrNO3. The van der Waals surface area contributed by atoms with Crippen LogP contribution in [0.1, 0.15) is 10.4 Å². The van der Waals surface area contributed by atoms with Crippen molar-refractivity contribution in [3.05, 3.63) is 34.4 Å². The molecule has 0 radical (unpaired) electrons. The number of hydrogen-bond donors (Lipinski definition) is 1. The quantitative estimate of drug-likeness (QED) is 0.860. The fourth-order valence-electron chi connectivity index (χ4n) is 1.46. The molecule has 0 amide bonds. The van der Waals surface area contributed by atoms with Crippen LogP contribution in [0.25, 0.3) is 10.9 Å². The fraction of sp³-hybridized carbons (Fsp3) is 0.0909. The molecule has 2 aromatic rings. The number of carbonyl (C=O) groups is 1. The van der Waals surface area contributed by atoms with Crippen LogP contribution in [0, 0.1) is 0 Å². The van der Waals surface area contributed by atoms with Crippen LogP contribution in [0.2, 0.25) is 0 Å². The highest BCUT2D eigenvalue weighted by Gasteiger charge is 2.10. The summed E-state index contributed by atoms with van der Waals surface area (Å²) in [5.41, 5.74) is 0.829. The number of rotatable bonds is 2. The summed E-state index contributed by atoms with van der Waals surface area (Å²) in [5.74, 6) is -0.528. The van der Waals surface area contributed by atoms with Crippen molar-refractivity contribution in [3.8, 4) is 5.75 Å². The molecule has 0 saturated heterocycles. The number of pyridine rings is 1. The van der Waals surface area contributed by atoms with Crippen molar-refractivity contribution in [1.82, 2.24) is 4.98 Å². The van der Waals surface area contributed by atoms with Crippen LogP contribution in [0.15, 0.2) is 28.9 Å². The van der Waals surface area contributed by atoms with Gasteiger partial charge in [0.2, 0.25) is 0 Å². The highest BCUT2D eigenvalue weighted by molar-refractivity contribution is 9.10. The zero-order valence-corrected chi connectivity index (χ0v) is 9.98. The number of nitrogens with zero attached hydrogens (tertiary/aromatic N) is 1. The van der Waals surface area contributed by atoms with Crippen molar-refractivity contribution < 1.29 is 14.6 Å². The van der Waals surface area contributed by atoms with Gasteiger partial charge in [-0.3, -0.25) is 0 Å². The minimum Gasteiger partial charge on any atom is -0.494 e. The minimum absolute atomic E-state index is 0.188. The van der Waals surface area contributed by atoms with E-state index in [1.807, 2.05) is 0 Å². The number of carboxylic acid groups (broad SMARTS) is 1. The molecule has 2 rings (SSSR count). The summed E-state index contributed by atoms with van der Waals surface area (Å²) < 4.78 is 5.81. The predicted molar refractivity (Wildman–Crippen MR) is 63.0 cm³/mol. The lowest BCUT2D eigenvalue weighted by molar-refractivity contribution is 0.0696. The summed E-state index contributed by atoms with van der Waals surface area (Å²) in [6.07, 6.45) is 0. The minimum atomic E-state index is -0.983. The predicted octanol–water partition coefficient (Wildman–Crippen LogP) is 2.70. The molecule has 0 aliphatic heterocycles. The molecule has 1 N–H and O–H groups in total. The van der Waals surface area contributed by atoms with Crippen molar-refractivity contribution >= 4 is 32.8 Å². The fourth-order valence-corrected chi connectivity index (χ4v) is 1.77. The first-order chi connectivity index (χ1) is 7.61. The molecule has 5 heteroatoms. The molecule has 16 heavy (non-hydrogen) atoms. The van der Waals surface area contributed by atoms with Crippen molar-refractivity contribution in [3.63, 3.8) is 0 Å². The van der Waals surface area contributed by atoms with Crippen molar-refractivity contribution in [2.45, 2.75) is 0 Å². The van der Waals surface area contributed by atoms with Gasteiger partial charge in [0.1, 0.15) is 15.9 Å². The highest BCUT2D eigenvalue weighted by Crippen LogP contribution is 2.27. The van der Waals surface area contributed by atoms with Gasteiger partial charge in [0.25, 0.3) is 0 Å². The smallest absolute Gasteiger partial charge is 0.335 e. The molecule has 0 saturated carbocycles. The van der Waals surface area contributed by atoms with Crippen LogP contribution in [0.5, 0.6) is 5.75 Å². The molecule has 1 aromatic heterocycles. The molecule has 1 heterocycles. The Labute approximate surface area is 100.0 Å². The number of benzene rings is 1. The first-order valence-electron chi connectivity index (χ1n) is 4.49. The maximum atomic E-state index is 10.9. The van der Waals surface area contributed by atoms with Crippen molar-refractivity contribution in [2.24, 2.45) is 0 Å². The second kappa shape index (κ2) is 4.09. The number of carboxylic acids is 1. The summed E-state index contributed by atoms with van der Waals surface area (Å²) in [4.78, 5) is 15.1. The van der Waals surface area contributed by atoms with Gasteiger partial charge in [-0.05, 0) is 40.2 Å². The standard InChI is InChI=1S/C11H8BrNO3/c1-16-8-5-7(11(14)15)4-6-2-3-9(12)13-10(6)8/h2-5H,1H3,(H,14,15). The van der Waals surface area contributed by atoms with Crippen LogP contribution in [0.3, 0.4) is 0 Å². The zero-order chi connectivity index (χ0) is 11.7. The van der Waals surface area contributed by atoms with Gasteiger partial charge in [-0.2, -0.15) is 0 Å². The number of methoxy groups -OCH3 is 1. The van der Waals surface area contributed by atoms with Gasteiger partial charge in [0.05, 0.1) is 12.7 Å². The molecule has 0 aliphatic rings. The molecule has 4 nitrogen and oxygen atoms in total. The Morgan fingerprint density at radius 3 is 2.81 bits per heavy atom. The average Bonchev–Trinajstić information content (AvgIpc) is 2.27. The van der Waals surface area contributed by atoms with E-state index in [0.29, 0.717) is 15.9 Å². The summed E-state index contributed by atoms with van der Waals surface area (Å²) >= 11 is 3.26. The van der Waals surface area contributed by atoms with Crippen LogP contribution in [0.4, 0.5) is 0 Å². The van der Waals surface area contributed by atoms with E-state index in [2.05, 4.69) is 20.9 Å². The summed E-state index contributed by atoms with van der Waals surface area (Å²) in [5, 5.41) is 9.67. The van der Waals surface area contributed by atoms with Crippen LogP contribution in [-0.2, 0) is 0 Å². The zero-order valence-electron chi connectivity index (χ0n) is 8.40. The molecule has 0 unspecified atom stereocenters. The van der Waals surface area contributed by atoms with Gasteiger partial charge in [0, 0.05) is 5.39 Å². The molecule has 0 atom stereocenters. The van der Waals surface area contributed by atoms with Crippen LogP contribution >= 0.6 is 15.9 Å². The molecule has 1 aromatic carbocycles. The topological polar surface area (TPSA) is 59.4 Å². The largest absolute Gasteiger partial charge is 0.494 e. The number of fused-ring (bicyclic) bond motifs is 1. The van der Waals surface area contributed by atoms with Gasteiger partial charge in [-0.1, -0.05) is 0 Å². The second-order valence-electron chi connectivity index (χ2n) is 3.19. The Kier molecular flexibility index (Phi) is 2.78. The Hall–Kier alpha value is -1.62. The maximum Gasteiger partial charge on any atom is 0.335 e. The Morgan fingerprint density at radius 1 is 1.44 bits per heavy atom. The van der Waals surface area contributed by atoms with Gasteiger partial charge >= 0.3 is 5.97 Å². The number of hydrogen-bond acceptors (Lipinski definition) is 3. The third-order valence-corrected chi connectivity index (χ3v) is 2.63. The van der Waals surface area contributed by atoms with Gasteiger partial charge in [0.15, 0.2) is 0 Å². The Bertz CT molecular complexity index is 568. The molecule has 0 fully saturated rings. The number of aromatic nitrogens is 1. The van der Waals surface area contributed by atoms with E-state index in [-0.39, 0.29) is 5.56 Å². The van der Waals surface area contributed by atoms with Gasteiger partial charge in [-0.15, -0.1) is 0 Å². The number of ether oxygens (including phenoxy) is 1. The van der Waals surface area contributed by atoms with E-state index in [9.17, 15) is 4.79 Å². The second-order valence-corrected chi connectivity index (χ2v) is 4.00. The lowest BCUT2D eigenvalue weighted by Crippen LogP contribution is -1.98. The van der Waals surface area contributed by atoms with Crippen molar-refractivity contribution in [2.75, 3.05) is 7.11 Å². The summed E-state index contributed by atoms with van der Waals surface area (Å²) in [6.45, 7) is 0. The summed E-state index contributed by atoms with van der Waals surface area (Å²) in [6, 6.07) is 6.58. The molecule has 0 spiro atoms. The van der Waals surface area contributed by atoms with E-state index >= 15 is 0 Å². The monoisotopic (exact) mass is 281 g/mol. The number of aromatic carboxylic acids is 1. The third-order valence-electron chi connectivity index (χ3n) is 2.19. The van der Waals surface area contributed by atoms with E-state index in [4.69, 9.17) is 9.84 Å². The Balaban J connectivity index is 2.78. The molecule has 82 valence electrons. The van der Waals surface area contributed by atoms with E-state index < -0.39 is 5.97 Å². The summed E-state index contributed by atoms with van der Waals surface area (Å²) in [7, 11) is 1.49. The Morgan fingerprint density at radius 2 is 2.19 bits per heavy atom. The SMILES string of the molecule is COc1cc(C(=O)O)cc2ccc(Br)nc12. The van der Waals surface area contributed by atoms with Gasteiger partial charge < -0.3 is 9.84 Å². The third kappa shape index (κ3) is 1.86. The van der Waals surface area contributed by atoms with E-state index in [1.54, 1.807) is 18.2 Å². The lowest BCUT2D eigenvalue weighted by atomic mass is 10.1. The van der Waals surface area contributed by atoms with Crippen molar-refractivity contribution in [1.29, 1.82) is 0 Å². The molecular weight excluding hydrogens is 274 g/mol.